The molecule has 0 aliphatic rings. The van der Waals surface area contributed by atoms with E-state index in [2.05, 4.69) is 5.32 Å². The first-order valence-corrected chi connectivity index (χ1v) is 7.44. The molecule has 2 N–H and O–H groups in total. The van der Waals surface area contributed by atoms with Crippen molar-refractivity contribution in [1.29, 1.82) is 0 Å². The van der Waals surface area contributed by atoms with Gasteiger partial charge in [-0.25, -0.2) is 0 Å². The fraction of sp³-hybridized carbons (Fsp3) is 0.562. The van der Waals surface area contributed by atoms with Crippen molar-refractivity contribution in [3.63, 3.8) is 0 Å². The van der Waals surface area contributed by atoms with Gasteiger partial charge in [0.25, 0.3) is 0 Å². The van der Waals surface area contributed by atoms with Crippen LogP contribution in [-0.2, 0) is 11.2 Å². The van der Waals surface area contributed by atoms with Gasteiger partial charge >= 0.3 is 6.18 Å². The van der Waals surface area contributed by atoms with Crippen LogP contribution in [0.5, 0.6) is 5.75 Å². The molecule has 1 aromatic carbocycles. The Morgan fingerprint density at radius 3 is 2.35 bits per heavy atom. The number of phenolic OH excluding ortho intramolecular Hbond substituents is 1. The normalized spacial score (nSPS) is 14.6. The molecule has 0 aliphatic heterocycles. The molecule has 0 saturated carbocycles. The summed E-state index contributed by atoms with van der Waals surface area (Å²) in [6.45, 7) is 2.14. The monoisotopic (exact) mass is 332 g/mol. The van der Waals surface area contributed by atoms with E-state index in [9.17, 15) is 23.1 Å². The Balaban J connectivity index is 2.41. The van der Waals surface area contributed by atoms with Crippen molar-refractivity contribution in [2.45, 2.75) is 44.9 Å². The number of rotatable bonds is 7. The minimum absolute atomic E-state index is 0.155. The summed E-state index contributed by atoms with van der Waals surface area (Å²) in [5, 5.41) is 11.9. The molecule has 0 unspecified atom stereocenters. The maximum Gasteiger partial charge on any atom is 0.401 e. The zero-order valence-corrected chi connectivity index (χ0v) is 13.5. The molecule has 1 rings (SSSR count). The summed E-state index contributed by atoms with van der Waals surface area (Å²) in [5.41, 5.74) is 1.02. The third kappa shape index (κ3) is 7.36. The van der Waals surface area contributed by atoms with Crippen LogP contribution in [0.25, 0.3) is 0 Å². The van der Waals surface area contributed by atoms with Crippen LogP contribution >= 0.6 is 0 Å². The van der Waals surface area contributed by atoms with E-state index in [1.165, 1.54) is 14.0 Å². The number of nitrogens with one attached hydrogen (secondary N) is 1. The second kappa shape index (κ2) is 8.19. The summed E-state index contributed by atoms with van der Waals surface area (Å²) >= 11 is 0. The van der Waals surface area contributed by atoms with E-state index in [-0.39, 0.29) is 11.8 Å². The van der Waals surface area contributed by atoms with Gasteiger partial charge in [0.15, 0.2) is 0 Å². The molecule has 0 aromatic heterocycles. The molecular formula is C16H23F3N2O2. The van der Waals surface area contributed by atoms with Crippen molar-refractivity contribution in [1.82, 2.24) is 10.2 Å². The fourth-order valence-electron chi connectivity index (χ4n) is 2.10. The Labute approximate surface area is 134 Å². The number of phenols is 1. The minimum Gasteiger partial charge on any atom is -0.508 e. The van der Waals surface area contributed by atoms with Crippen molar-refractivity contribution in [2.75, 3.05) is 13.6 Å². The fourth-order valence-corrected chi connectivity index (χ4v) is 2.10. The Bertz CT molecular complexity index is 503. The first-order chi connectivity index (χ1) is 10.6. The summed E-state index contributed by atoms with van der Waals surface area (Å²) in [4.78, 5) is 13.0. The predicted molar refractivity (Wildman–Crippen MR) is 82.2 cm³/mol. The molecule has 0 heterocycles. The lowest BCUT2D eigenvalue weighted by Gasteiger charge is -2.26. The van der Waals surface area contributed by atoms with Crippen molar-refractivity contribution < 1.29 is 23.1 Å². The summed E-state index contributed by atoms with van der Waals surface area (Å²) < 4.78 is 37.0. The molecule has 1 amide bonds. The van der Waals surface area contributed by atoms with Crippen molar-refractivity contribution in [3.8, 4) is 5.75 Å². The van der Waals surface area contributed by atoms with Gasteiger partial charge in [-0.1, -0.05) is 12.1 Å². The number of halogens is 3. The van der Waals surface area contributed by atoms with Crippen molar-refractivity contribution in [3.05, 3.63) is 29.8 Å². The Morgan fingerprint density at radius 1 is 1.26 bits per heavy atom. The lowest BCUT2D eigenvalue weighted by molar-refractivity contribution is -0.151. The summed E-state index contributed by atoms with van der Waals surface area (Å²) in [6.07, 6.45) is -2.96. The predicted octanol–water partition coefficient (Wildman–Crippen LogP) is 2.71. The number of benzene rings is 1. The van der Waals surface area contributed by atoms with Crippen LogP contribution in [-0.4, -0.2) is 47.8 Å². The van der Waals surface area contributed by atoms with E-state index in [0.717, 1.165) is 10.5 Å². The molecule has 0 spiro atoms. The molecule has 2 atom stereocenters. The quantitative estimate of drug-likeness (QED) is 0.807. The second-order valence-electron chi connectivity index (χ2n) is 5.82. The van der Waals surface area contributed by atoms with E-state index in [1.54, 1.807) is 24.3 Å². The Hall–Kier alpha value is -1.76. The number of carbonyl (C=O) groups is 1. The highest BCUT2D eigenvalue weighted by atomic mass is 19.4. The van der Waals surface area contributed by atoms with Crippen LogP contribution < -0.4 is 5.32 Å². The van der Waals surface area contributed by atoms with Crippen LogP contribution in [0.1, 0.15) is 25.8 Å². The smallest absolute Gasteiger partial charge is 0.401 e. The van der Waals surface area contributed by atoms with Crippen molar-refractivity contribution in [2.24, 2.45) is 0 Å². The molecule has 4 nitrogen and oxygen atoms in total. The maximum atomic E-state index is 12.3. The second-order valence-corrected chi connectivity index (χ2v) is 5.82. The molecule has 0 radical (unpaired) electrons. The number of alkyl halides is 3. The Morgan fingerprint density at radius 2 is 1.83 bits per heavy atom. The highest BCUT2D eigenvalue weighted by molar-refractivity contribution is 5.81. The number of aryl methyl sites for hydroxylation is 1. The average molecular weight is 332 g/mol. The van der Waals surface area contributed by atoms with E-state index in [0.29, 0.717) is 12.8 Å². The number of aromatic hydroxyl groups is 1. The van der Waals surface area contributed by atoms with E-state index in [1.807, 2.05) is 6.92 Å². The molecule has 1 aromatic rings. The molecule has 0 fully saturated rings. The molecule has 0 aliphatic carbocycles. The van der Waals surface area contributed by atoms with Gasteiger partial charge < -0.3 is 10.4 Å². The lowest BCUT2D eigenvalue weighted by atomic mass is 10.1. The number of hydrogen-bond acceptors (Lipinski definition) is 3. The lowest BCUT2D eigenvalue weighted by Crippen LogP contribution is -2.48. The van der Waals surface area contributed by atoms with E-state index in [4.69, 9.17) is 0 Å². The van der Waals surface area contributed by atoms with Gasteiger partial charge in [0.05, 0.1) is 12.6 Å². The highest BCUT2D eigenvalue weighted by Gasteiger charge is 2.32. The summed E-state index contributed by atoms with van der Waals surface area (Å²) in [6, 6.07) is 5.76. The van der Waals surface area contributed by atoms with Gasteiger partial charge in [0.1, 0.15) is 5.75 Å². The van der Waals surface area contributed by atoms with Crippen LogP contribution in [0.2, 0.25) is 0 Å². The zero-order valence-electron chi connectivity index (χ0n) is 13.5. The van der Waals surface area contributed by atoms with Crippen LogP contribution in [0.3, 0.4) is 0 Å². The number of amides is 1. The largest absolute Gasteiger partial charge is 0.508 e. The van der Waals surface area contributed by atoms with E-state index < -0.39 is 24.7 Å². The van der Waals surface area contributed by atoms with Gasteiger partial charge in [-0.15, -0.1) is 0 Å². The number of carbonyl (C=O) groups excluding carboxylic acids is 1. The minimum atomic E-state index is -4.33. The molecule has 0 bridgehead atoms. The average Bonchev–Trinajstić information content (AvgIpc) is 2.44. The third-order valence-electron chi connectivity index (χ3n) is 3.66. The van der Waals surface area contributed by atoms with Crippen LogP contribution in [0.4, 0.5) is 13.2 Å². The van der Waals surface area contributed by atoms with Gasteiger partial charge in [0, 0.05) is 6.04 Å². The SMILES string of the molecule is C[C@H](CCc1ccc(O)cc1)NC(=O)[C@@H](C)N(C)CC(F)(F)F. The van der Waals surface area contributed by atoms with Crippen molar-refractivity contribution >= 4 is 5.91 Å². The Kier molecular flexibility index (Phi) is 6.87. The summed E-state index contributed by atoms with van der Waals surface area (Å²) in [7, 11) is 1.28. The van der Waals surface area contributed by atoms with Gasteiger partial charge in [-0.3, -0.25) is 9.69 Å². The number of nitrogens with zero attached hydrogens (tertiary/aromatic N) is 1. The van der Waals surface area contributed by atoms with E-state index >= 15 is 0 Å². The number of hydrogen-bond donors (Lipinski definition) is 2. The highest BCUT2D eigenvalue weighted by Crippen LogP contribution is 2.17. The standard InChI is InChI=1S/C16H23F3N2O2/c1-11(4-5-13-6-8-14(22)9-7-13)20-15(23)12(2)21(3)10-16(17,18)19/h6-9,11-12,22H,4-5,10H2,1-3H3,(H,20,23)/t11-,12-/m1/s1. The zero-order chi connectivity index (χ0) is 17.6. The molecule has 130 valence electrons. The molecule has 23 heavy (non-hydrogen) atoms. The van der Waals surface area contributed by atoms with Crippen LogP contribution in [0, 0.1) is 0 Å². The summed E-state index contributed by atoms with van der Waals surface area (Å²) in [5.74, 6) is -0.230. The molecule has 7 heteroatoms. The molecular weight excluding hydrogens is 309 g/mol. The molecule has 0 saturated heterocycles. The van der Waals surface area contributed by atoms with Crippen LogP contribution in [0.15, 0.2) is 24.3 Å². The van der Waals surface area contributed by atoms with Gasteiger partial charge in [-0.2, -0.15) is 13.2 Å². The first-order valence-electron chi connectivity index (χ1n) is 7.44. The van der Waals surface area contributed by atoms with Gasteiger partial charge in [0.2, 0.25) is 5.91 Å². The third-order valence-corrected chi connectivity index (χ3v) is 3.66. The maximum absolute atomic E-state index is 12.3. The number of likely N-dealkylation sites (N-methyl/N-ethyl adjacent to an activating group) is 1. The topological polar surface area (TPSA) is 52.6 Å². The van der Waals surface area contributed by atoms with Gasteiger partial charge in [-0.05, 0) is 51.4 Å². The first kappa shape index (κ1) is 19.3.